The Balaban J connectivity index is 2.37. The van der Waals surface area contributed by atoms with Crippen LogP contribution in [-0.4, -0.2) is 18.6 Å². The van der Waals surface area contributed by atoms with Crippen LogP contribution in [0.3, 0.4) is 0 Å². The van der Waals surface area contributed by atoms with Crippen LogP contribution in [0.4, 0.5) is 0 Å². The van der Waals surface area contributed by atoms with Gasteiger partial charge in [-0.15, -0.1) is 0 Å². The Kier molecular flexibility index (Phi) is 4.43. The molecule has 0 fully saturated rings. The smallest absolute Gasteiger partial charge is 0.258 e. The Hall–Kier alpha value is -1.22. The van der Waals surface area contributed by atoms with Gasteiger partial charge in [-0.25, -0.2) is 0 Å². The molecule has 0 aliphatic rings. The Morgan fingerprint density at radius 1 is 1.40 bits per heavy atom. The predicted molar refractivity (Wildman–Crippen MR) is 60.2 cm³/mol. The first-order valence-electron chi connectivity index (χ1n) is 4.75. The van der Waals surface area contributed by atoms with Gasteiger partial charge in [-0.05, 0) is 38.1 Å². The summed E-state index contributed by atoms with van der Waals surface area (Å²) in [6.07, 6.45) is 0. The summed E-state index contributed by atoms with van der Waals surface area (Å²) >= 11 is 5.71. The zero-order valence-electron chi connectivity index (χ0n) is 8.79. The number of hydrogen-bond acceptors (Lipinski definition) is 2. The van der Waals surface area contributed by atoms with Crippen molar-refractivity contribution >= 4 is 17.5 Å². The van der Waals surface area contributed by atoms with E-state index in [0.717, 1.165) is 0 Å². The minimum Gasteiger partial charge on any atom is -0.484 e. The highest BCUT2D eigenvalue weighted by atomic mass is 35.5. The lowest BCUT2D eigenvalue weighted by Gasteiger charge is -2.09. The summed E-state index contributed by atoms with van der Waals surface area (Å²) < 4.78 is 5.25. The number of carbonyl (C=O) groups is 1. The number of nitrogens with one attached hydrogen (secondary N) is 1. The normalized spacial score (nSPS) is 10.1. The van der Waals surface area contributed by atoms with E-state index in [-0.39, 0.29) is 18.6 Å². The molecule has 1 aromatic carbocycles. The van der Waals surface area contributed by atoms with Crippen LogP contribution in [0.25, 0.3) is 0 Å². The third kappa shape index (κ3) is 4.70. The largest absolute Gasteiger partial charge is 0.484 e. The van der Waals surface area contributed by atoms with Crippen molar-refractivity contribution < 1.29 is 9.53 Å². The molecule has 1 rings (SSSR count). The Bertz CT molecular complexity index is 322. The third-order valence-electron chi connectivity index (χ3n) is 1.63. The highest BCUT2D eigenvalue weighted by Crippen LogP contribution is 2.15. The predicted octanol–water partition coefficient (Wildman–Crippen LogP) is 2.24. The molecule has 4 heteroatoms. The van der Waals surface area contributed by atoms with E-state index in [0.29, 0.717) is 10.8 Å². The van der Waals surface area contributed by atoms with Crippen molar-refractivity contribution in [1.82, 2.24) is 5.32 Å². The van der Waals surface area contributed by atoms with E-state index in [4.69, 9.17) is 16.3 Å². The first-order valence-corrected chi connectivity index (χ1v) is 5.13. The Labute approximate surface area is 94.4 Å². The average molecular weight is 228 g/mol. The monoisotopic (exact) mass is 227 g/mol. The van der Waals surface area contributed by atoms with Crippen LogP contribution in [0.5, 0.6) is 5.75 Å². The fourth-order valence-electron chi connectivity index (χ4n) is 1.04. The second-order valence-electron chi connectivity index (χ2n) is 3.46. The summed E-state index contributed by atoms with van der Waals surface area (Å²) in [4.78, 5) is 11.2. The highest BCUT2D eigenvalue weighted by Gasteiger charge is 2.03. The summed E-state index contributed by atoms with van der Waals surface area (Å²) in [6.45, 7) is 3.83. The van der Waals surface area contributed by atoms with Crippen LogP contribution in [0.1, 0.15) is 13.8 Å². The van der Waals surface area contributed by atoms with Crippen molar-refractivity contribution in [3.63, 3.8) is 0 Å². The van der Waals surface area contributed by atoms with Crippen LogP contribution in [0, 0.1) is 0 Å². The van der Waals surface area contributed by atoms with Crippen LogP contribution >= 0.6 is 11.6 Å². The van der Waals surface area contributed by atoms with Gasteiger partial charge in [-0.3, -0.25) is 4.79 Å². The topological polar surface area (TPSA) is 38.3 Å². The van der Waals surface area contributed by atoms with Gasteiger partial charge in [0.25, 0.3) is 5.91 Å². The minimum atomic E-state index is -0.125. The molecule has 0 spiro atoms. The first kappa shape index (κ1) is 11.9. The molecule has 0 aromatic heterocycles. The van der Waals surface area contributed by atoms with Gasteiger partial charge < -0.3 is 10.1 Å². The lowest BCUT2D eigenvalue weighted by atomic mass is 10.3. The van der Waals surface area contributed by atoms with Crippen molar-refractivity contribution in [1.29, 1.82) is 0 Å². The van der Waals surface area contributed by atoms with Crippen LogP contribution in [0.15, 0.2) is 24.3 Å². The van der Waals surface area contributed by atoms with E-state index < -0.39 is 0 Å². The number of carbonyl (C=O) groups excluding carboxylic acids is 1. The lowest BCUT2D eigenvalue weighted by molar-refractivity contribution is -0.123. The van der Waals surface area contributed by atoms with Gasteiger partial charge in [0, 0.05) is 11.1 Å². The maximum absolute atomic E-state index is 11.2. The number of benzene rings is 1. The molecule has 0 bridgehead atoms. The van der Waals surface area contributed by atoms with Gasteiger partial charge >= 0.3 is 0 Å². The molecule has 0 radical (unpaired) electrons. The average Bonchev–Trinajstić information content (AvgIpc) is 2.16. The molecular formula is C11H14ClNO2. The molecule has 0 saturated heterocycles. The van der Waals surface area contributed by atoms with Crippen molar-refractivity contribution in [3.8, 4) is 5.75 Å². The zero-order valence-corrected chi connectivity index (χ0v) is 9.54. The molecule has 1 aromatic rings. The van der Waals surface area contributed by atoms with E-state index in [1.54, 1.807) is 24.3 Å². The van der Waals surface area contributed by atoms with Gasteiger partial charge in [-0.2, -0.15) is 0 Å². The molecule has 0 atom stereocenters. The number of ether oxygens (including phenoxy) is 1. The fourth-order valence-corrected chi connectivity index (χ4v) is 1.17. The second-order valence-corrected chi connectivity index (χ2v) is 3.90. The number of hydrogen-bond donors (Lipinski definition) is 1. The summed E-state index contributed by atoms with van der Waals surface area (Å²) in [5.74, 6) is 0.512. The number of halogens is 1. The quantitative estimate of drug-likeness (QED) is 0.857. The van der Waals surface area contributed by atoms with E-state index in [1.807, 2.05) is 13.8 Å². The summed E-state index contributed by atoms with van der Waals surface area (Å²) in [7, 11) is 0. The first-order chi connectivity index (χ1) is 7.08. The Morgan fingerprint density at radius 3 is 2.53 bits per heavy atom. The fraction of sp³-hybridized carbons (Fsp3) is 0.364. The third-order valence-corrected chi connectivity index (χ3v) is 1.89. The van der Waals surface area contributed by atoms with Crippen LogP contribution in [-0.2, 0) is 4.79 Å². The molecule has 0 aliphatic heterocycles. The van der Waals surface area contributed by atoms with Gasteiger partial charge in [-0.1, -0.05) is 11.6 Å². The molecular weight excluding hydrogens is 214 g/mol. The van der Waals surface area contributed by atoms with E-state index in [2.05, 4.69) is 5.32 Å². The maximum atomic E-state index is 11.2. The molecule has 0 saturated carbocycles. The second kappa shape index (κ2) is 5.61. The molecule has 1 amide bonds. The standard InChI is InChI=1S/C11H14ClNO2/c1-8(2)13-11(14)7-15-10-5-3-9(12)4-6-10/h3-6,8H,7H2,1-2H3,(H,13,14). The summed E-state index contributed by atoms with van der Waals surface area (Å²) in [6, 6.07) is 7.02. The van der Waals surface area contributed by atoms with E-state index >= 15 is 0 Å². The van der Waals surface area contributed by atoms with Crippen molar-refractivity contribution in [2.75, 3.05) is 6.61 Å². The molecule has 82 valence electrons. The zero-order chi connectivity index (χ0) is 11.3. The molecule has 15 heavy (non-hydrogen) atoms. The minimum absolute atomic E-state index is 0.0276. The SMILES string of the molecule is CC(C)NC(=O)COc1ccc(Cl)cc1. The van der Waals surface area contributed by atoms with Gasteiger partial charge in [0.1, 0.15) is 5.75 Å². The molecule has 0 aliphatic carbocycles. The van der Waals surface area contributed by atoms with Crippen LogP contribution < -0.4 is 10.1 Å². The van der Waals surface area contributed by atoms with Crippen molar-refractivity contribution in [3.05, 3.63) is 29.3 Å². The lowest BCUT2D eigenvalue weighted by Crippen LogP contribution is -2.34. The highest BCUT2D eigenvalue weighted by molar-refractivity contribution is 6.30. The van der Waals surface area contributed by atoms with Crippen LogP contribution in [0.2, 0.25) is 5.02 Å². The molecule has 3 nitrogen and oxygen atoms in total. The van der Waals surface area contributed by atoms with Crippen molar-refractivity contribution in [2.24, 2.45) is 0 Å². The van der Waals surface area contributed by atoms with E-state index in [9.17, 15) is 4.79 Å². The van der Waals surface area contributed by atoms with Gasteiger partial charge in [0.05, 0.1) is 0 Å². The molecule has 0 unspecified atom stereocenters. The van der Waals surface area contributed by atoms with Crippen molar-refractivity contribution in [2.45, 2.75) is 19.9 Å². The van der Waals surface area contributed by atoms with E-state index in [1.165, 1.54) is 0 Å². The van der Waals surface area contributed by atoms with Gasteiger partial charge in [0.15, 0.2) is 6.61 Å². The van der Waals surface area contributed by atoms with Gasteiger partial charge in [0.2, 0.25) is 0 Å². The Morgan fingerprint density at radius 2 is 2.00 bits per heavy atom. The summed E-state index contributed by atoms with van der Waals surface area (Å²) in [5, 5.41) is 3.38. The summed E-state index contributed by atoms with van der Waals surface area (Å²) in [5.41, 5.74) is 0. The number of rotatable bonds is 4. The number of amides is 1. The molecule has 1 N–H and O–H groups in total. The maximum Gasteiger partial charge on any atom is 0.258 e. The molecule has 0 heterocycles.